The first kappa shape index (κ1) is 19.8. The predicted octanol–water partition coefficient (Wildman–Crippen LogP) is 3.52. The highest BCUT2D eigenvalue weighted by Gasteiger charge is 2.26. The van der Waals surface area contributed by atoms with E-state index in [-0.39, 0.29) is 42.6 Å². The zero-order valence-electron chi connectivity index (χ0n) is 16.6. The van der Waals surface area contributed by atoms with Crippen molar-refractivity contribution < 1.29 is 18.3 Å². The Morgan fingerprint density at radius 3 is 2.77 bits per heavy atom. The molecule has 154 valence electrons. The van der Waals surface area contributed by atoms with Crippen LogP contribution in [0.3, 0.4) is 0 Å². The van der Waals surface area contributed by atoms with E-state index >= 15 is 0 Å². The third kappa shape index (κ3) is 3.94. The van der Waals surface area contributed by atoms with Crippen molar-refractivity contribution in [1.29, 1.82) is 0 Å². The molecule has 2 heterocycles. The molecule has 1 aliphatic rings. The third-order valence-electron chi connectivity index (χ3n) is 4.87. The van der Waals surface area contributed by atoms with Gasteiger partial charge in [-0.15, -0.1) is 0 Å². The number of carbonyl (C=O) groups is 1. The molecule has 0 fully saturated rings. The van der Waals surface area contributed by atoms with Crippen LogP contribution < -0.4 is 9.64 Å². The van der Waals surface area contributed by atoms with Crippen molar-refractivity contribution in [2.75, 3.05) is 32.1 Å². The van der Waals surface area contributed by atoms with Crippen LogP contribution in [0.2, 0.25) is 0 Å². The normalized spacial score (nSPS) is 13.5. The maximum atomic E-state index is 14.0. The lowest BCUT2D eigenvalue weighted by atomic mass is 10.1. The van der Waals surface area contributed by atoms with E-state index in [4.69, 9.17) is 4.74 Å². The summed E-state index contributed by atoms with van der Waals surface area (Å²) in [6.45, 7) is 0.452. The second-order valence-corrected chi connectivity index (χ2v) is 7.17. The Balaban J connectivity index is 1.62. The largest absolute Gasteiger partial charge is 0.475 e. The van der Waals surface area contributed by atoms with Gasteiger partial charge < -0.3 is 14.5 Å². The number of benzene rings is 2. The van der Waals surface area contributed by atoms with Gasteiger partial charge in [-0.1, -0.05) is 18.2 Å². The summed E-state index contributed by atoms with van der Waals surface area (Å²) >= 11 is 0. The SMILES string of the molecule is CN(C)c1cccc(-c2ncc3c(n2)OCCN(Cc2ccc(F)cc2F)C3=O)c1. The lowest BCUT2D eigenvalue weighted by molar-refractivity contribution is 0.0741. The molecule has 0 spiro atoms. The molecule has 0 unspecified atom stereocenters. The van der Waals surface area contributed by atoms with Crippen LogP contribution in [0.25, 0.3) is 11.4 Å². The number of nitrogens with zero attached hydrogens (tertiary/aromatic N) is 4. The van der Waals surface area contributed by atoms with Crippen molar-refractivity contribution in [3.05, 3.63) is 71.4 Å². The second-order valence-electron chi connectivity index (χ2n) is 7.17. The molecular weight excluding hydrogens is 390 g/mol. The smallest absolute Gasteiger partial charge is 0.261 e. The summed E-state index contributed by atoms with van der Waals surface area (Å²) in [6.07, 6.45) is 1.43. The van der Waals surface area contributed by atoms with Crippen molar-refractivity contribution in [3.63, 3.8) is 0 Å². The Bertz CT molecular complexity index is 1100. The van der Waals surface area contributed by atoms with Crippen LogP contribution in [0.1, 0.15) is 15.9 Å². The zero-order valence-corrected chi connectivity index (χ0v) is 16.6. The van der Waals surface area contributed by atoms with E-state index in [0.717, 1.165) is 17.3 Å². The summed E-state index contributed by atoms with van der Waals surface area (Å²) in [5.74, 6) is -1.07. The quantitative estimate of drug-likeness (QED) is 0.659. The molecule has 0 aliphatic carbocycles. The van der Waals surface area contributed by atoms with Crippen LogP contribution in [0.4, 0.5) is 14.5 Å². The van der Waals surface area contributed by atoms with E-state index in [1.54, 1.807) is 0 Å². The lowest BCUT2D eigenvalue weighted by Gasteiger charge is -2.20. The number of hydrogen-bond donors (Lipinski definition) is 0. The first-order chi connectivity index (χ1) is 14.4. The number of fused-ring (bicyclic) bond motifs is 1. The topological polar surface area (TPSA) is 58.6 Å². The molecule has 6 nitrogen and oxygen atoms in total. The maximum absolute atomic E-state index is 14.0. The average molecular weight is 410 g/mol. The summed E-state index contributed by atoms with van der Waals surface area (Å²) < 4.78 is 32.9. The number of amides is 1. The lowest BCUT2D eigenvalue weighted by Crippen LogP contribution is -2.32. The highest BCUT2D eigenvalue weighted by atomic mass is 19.1. The zero-order chi connectivity index (χ0) is 21.3. The molecule has 0 bridgehead atoms. The second kappa shape index (κ2) is 8.06. The van der Waals surface area contributed by atoms with Gasteiger partial charge in [0.25, 0.3) is 5.91 Å². The standard InChI is InChI=1S/C22H20F2N4O2/c1-27(2)17-5-3-4-14(10-17)20-25-12-18-21(26-20)30-9-8-28(22(18)29)13-15-6-7-16(23)11-19(15)24/h3-7,10-12H,8-9,13H2,1-2H3. The van der Waals surface area contributed by atoms with Crippen LogP contribution >= 0.6 is 0 Å². The van der Waals surface area contributed by atoms with Gasteiger partial charge in [0, 0.05) is 49.7 Å². The van der Waals surface area contributed by atoms with Gasteiger partial charge in [-0.3, -0.25) is 4.79 Å². The summed E-state index contributed by atoms with van der Waals surface area (Å²) in [4.78, 5) is 25.2. The van der Waals surface area contributed by atoms with Crippen LogP contribution in [0.5, 0.6) is 5.88 Å². The van der Waals surface area contributed by atoms with Gasteiger partial charge in [0.05, 0.1) is 6.54 Å². The van der Waals surface area contributed by atoms with Gasteiger partial charge in [-0.05, 0) is 18.2 Å². The fourth-order valence-electron chi connectivity index (χ4n) is 3.22. The van der Waals surface area contributed by atoms with Gasteiger partial charge in [0.1, 0.15) is 23.8 Å². The third-order valence-corrected chi connectivity index (χ3v) is 4.87. The van der Waals surface area contributed by atoms with Gasteiger partial charge in [0.15, 0.2) is 5.82 Å². The molecule has 1 amide bonds. The van der Waals surface area contributed by atoms with E-state index in [2.05, 4.69) is 9.97 Å². The number of anilines is 1. The minimum atomic E-state index is -0.694. The monoisotopic (exact) mass is 410 g/mol. The van der Waals surface area contributed by atoms with E-state index < -0.39 is 11.6 Å². The molecule has 2 aromatic carbocycles. The van der Waals surface area contributed by atoms with Crippen molar-refractivity contribution in [2.24, 2.45) is 0 Å². The molecule has 0 atom stereocenters. The fraction of sp³-hybridized carbons (Fsp3) is 0.227. The molecule has 0 saturated carbocycles. The molecule has 3 aromatic rings. The Morgan fingerprint density at radius 2 is 2.00 bits per heavy atom. The number of hydrogen-bond acceptors (Lipinski definition) is 5. The minimum absolute atomic E-state index is 0.000375. The Morgan fingerprint density at radius 1 is 1.17 bits per heavy atom. The molecule has 4 rings (SSSR count). The molecule has 0 radical (unpaired) electrons. The Kier molecular flexibility index (Phi) is 5.31. The highest BCUT2D eigenvalue weighted by Crippen LogP contribution is 2.27. The van der Waals surface area contributed by atoms with Crippen molar-refractivity contribution in [1.82, 2.24) is 14.9 Å². The van der Waals surface area contributed by atoms with Crippen molar-refractivity contribution >= 4 is 11.6 Å². The van der Waals surface area contributed by atoms with E-state index in [1.807, 2.05) is 43.3 Å². The first-order valence-corrected chi connectivity index (χ1v) is 9.43. The van der Waals surface area contributed by atoms with E-state index in [0.29, 0.717) is 5.82 Å². The highest BCUT2D eigenvalue weighted by molar-refractivity contribution is 5.96. The minimum Gasteiger partial charge on any atom is -0.475 e. The van der Waals surface area contributed by atoms with E-state index in [9.17, 15) is 13.6 Å². The number of ether oxygens (including phenoxy) is 1. The summed E-state index contributed by atoms with van der Waals surface area (Å²) in [6, 6.07) is 11.0. The summed E-state index contributed by atoms with van der Waals surface area (Å²) in [7, 11) is 3.88. The molecular formula is C22H20F2N4O2. The van der Waals surface area contributed by atoms with Crippen LogP contribution in [0, 0.1) is 11.6 Å². The molecule has 0 N–H and O–H groups in total. The van der Waals surface area contributed by atoms with Crippen LogP contribution in [-0.4, -0.2) is 48.0 Å². The number of carbonyl (C=O) groups excluding carboxylic acids is 1. The van der Waals surface area contributed by atoms with Crippen LogP contribution in [0.15, 0.2) is 48.7 Å². The molecule has 30 heavy (non-hydrogen) atoms. The molecule has 1 aliphatic heterocycles. The summed E-state index contributed by atoms with van der Waals surface area (Å²) in [5, 5.41) is 0. The molecule has 8 heteroatoms. The fourth-order valence-corrected chi connectivity index (χ4v) is 3.22. The molecule has 0 saturated heterocycles. The van der Waals surface area contributed by atoms with Crippen molar-refractivity contribution in [3.8, 4) is 17.3 Å². The number of rotatable bonds is 4. The van der Waals surface area contributed by atoms with Crippen molar-refractivity contribution in [2.45, 2.75) is 6.54 Å². The number of aromatic nitrogens is 2. The maximum Gasteiger partial charge on any atom is 0.261 e. The van der Waals surface area contributed by atoms with Crippen LogP contribution in [-0.2, 0) is 6.54 Å². The Hall–Kier alpha value is -3.55. The van der Waals surface area contributed by atoms with Gasteiger partial charge >= 0.3 is 0 Å². The predicted molar refractivity (Wildman–Crippen MR) is 108 cm³/mol. The molecule has 1 aromatic heterocycles. The average Bonchev–Trinajstić information content (AvgIpc) is 2.88. The number of halogens is 2. The van der Waals surface area contributed by atoms with Gasteiger partial charge in [-0.25, -0.2) is 13.8 Å². The van der Waals surface area contributed by atoms with E-state index in [1.165, 1.54) is 23.2 Å². The van der Waals surface area contributed by atoms with Gasteiger partial charge in [-0.2, -0.15) is 4.98 Å². The summed E-state index contributed by atoms with van der Waals surface area (Å²) in [5.41, 5.74) is 2.24. The Labute approximate surface area is 172 Å². The van der Waals surface area contributed by atoms with Gasteiger partial charge in [0.2, 0.25) is 5.88 Å². The first-order valence-electron chi connectivity index (χ1n) is 9.43.